The zero-order valence-corrected chi connectivity index (χ0v) is 18.8. The molecule has 2 aromatic heterocycles. The molecular weight excluding hydrogens is 416 g/mol. The molecule has 8 nitrogen and oxygen atoms in total. The number of nitrogens with zero attached hydrogens (tertiary/aromatic N) is 5. The molecule has 8 heteroatoms. The van der Waals surface area contributed by atoms with E-state index in [1.165, 1.54) is 19.3 Å². The number of carbonyl (C=O) groups excluding carboxylic acids is 1. The van der Waals surface area contributed by atoms with Crippen molar-refractivity contribution in [3.63, 3.8) is 0 Å². The number of ether oxygens (including phenoxy) is 1. The molecule has 1 saturated heterocycles. The molecule has 0 aliphatic carbocycles. The van der Waals surface area contributed by atoms with E-state index in [9.17, 15) is 4.79 Å². The third-order valence-corrected chi connectivity index (χ3v) is 6.29. The lowest BCUT2D eigenvalue weighted by molar-refractivity contribution is -0.116. The van der Waals surface area contributed by atoms with Crippen molar-refractivity contribution in [2.45, 2.75) is 38.5 Å². The summed E-state index contributed by atoms with van der Waals surface area (Å²) >= 11 is 0. The maximum absolute atomic E-state index is 12.7. The number of rotatable bonds is 6. The molecule has 5 rings (SSSR count). The Morgan fingerprint density at radius 3 is 2.64 bits per heavy atom. The summed E-state index contributed by atoms with van der Waals surface area (Å²) in [5.74, 6) is 2.63. The van der Waals surface area contributed by atoms with E-state index in [4.69, 9.17) is 9.84 Å². The Kier molecular flexibility index (Phi) is 5.81. The third kappa shape index (κ3) is 4.08. The zero-order chi connectivity index (χ0) is 22.8. The normalized spacial score (nSPS) is 17.9. The van der Waals surface area contributed by atoms with E-state index in [0.717, 1.165) is 41.5 Å². The van der Waals surface area contributed by atoms with Crippen molar-refractivity contribution in [3.8, 4) is 11.6 Å². The van der Waals surface area contributed by atoms with E-state index < -0.39 is 0 Å². The van der Waals surface area contributed by atoms with Gasteiger partial charge in [0.25, 0.3) is 0 Å². The van der Waals surface area contributed by atoms with Gasteiger partial charge >= 0.3 is 0 Å². The molecule has 1 N–H and O–H groups in total. The first-order valence-electron chi connectivity index (χ1n) is 11.5. The minimum Gasteiger partial charge on any atom is -0.489 e. The number of aromatic nitrogens is 4. The van der Waals surface area contributed by atoms with Crippen molar-refractivity contribution in [2.24, 2.45) is 0 Å². The molecule has 3 aromatic rings. The van der Waals surface area contributed by atoms with Crippen LogP contribution in [-0.2, 0) is 4.79 Å². The minimum absolute atomic E-state index is 0.0648. The number of carbonyl (C=O) groups is 1. The van der Waals surface area contributed by atoms with Crippen LogP contribution in [0.5, 0.6) is 5.75 Å². The first-order chi connectivity index (χ1) is 16.2. The lowest BCUT2D eigenvalue weighted by Gasteiger charge is -2.27. The molecule has 2 aliphatic heterocycles. The Hall–Kier alpha value is -3.68. The molecule has 1 aromatic carbocycles. The summed E-state index contributed by atoms with van der Waals surface area (Å²) in [7, 11) is 0. The van der Waals surface area contributed by atoms with Crippen LogP contribution in [0.3, 0.4) is 0 Å². The fourth-order valence-corrected chi connectivity index (χ4v) is 4.75. The van der Waals surface area contributed by atoms with Crippen molar-refractivity contribution in [3.05, 3.63) is 65.9 Å². The molecule has 4 heterocycles. The van der Waals surface area contributed by atoms with Crippen LogP contribution in [0.15, 0.2) is 49.1 Å². The molecule has 0 bridgehead atoms. The molecule has 0 spiro atoms. The van der Waals surface area contributed by atoms with E-state index in [2.05, 4.69) is 27.0 Å². The van der Waals surface area contributed by atoms with E-state index in [1.807, 2.05) is 43.3 Å². The van der Waals surface area contributed by atoms with Gasteiger partial charge in [0.1, 0.15) is 18.2 Å². The van der Waals surface area contributed by atoms with Gasteiger partial charge in [-0.15, -0.1) is 10.2 Å². The second kappa shape index (κ2) is 9.05. The predicted octanol–water partition coefficient (Wildman–Crippen LogP) is 4.00. The van der Waals surface area contributed by atoms with Crippen LogP contribution in [0.2, 0.25) is 0 Å². The Balaban J connectivity index is 1.51. The number of hydrogen-bond acceptors (Lipinski definition) is 6. The summed E-state index contributed by atoms with van der Waals surface area (Å²) in [5.41, 5.74) is 2.78. The molecule has 1 atom stereocenters. The number of nitrogens with one attached hydrogen (secondary N) is 1. The van der Waals surface area contributed by atoms with Crippen LogP contribution < -0.4 is 15.0 Å². The van der Waals surface area contributed by atoms with Crippen LogP contribution in [0.25, 0.3) is 5.82 Å². The van der Waals surface area contributed by atoms with Gasteiger partial charge in [0.15, 0.2) is 11.6 Å². The Labute approximate surface area is 193 Å². The maximum atomic E-state index is 12.7. The lowest BCUT2D eigenvalue weighted by atomic mass is 9.85. The number of hydrogen-bond donors (Lipinski definition) is 1. The molecule has 1 unspecified atom stereocenters. The van der Waals surface area contributed by atoms with Gasteiger partial charge in [-0.1, -0.05) is 30.9 Å². The SMILES string of the molecule is C=CCOc1ccccc1C1CC(=O)Nc2c1c(C)nn2-c1ccc(N2CCCCC2)nn1. The van der Waals surface area contributed by atoms with Crippen LogP contribution in [0.4, 0.5) is 11.6 Å². The average molecular weight is 445 g/mol. The average Bonchev–Trinajstić information content (AvgIpc) is 3.19. The van der Waals surface area contributed by atoms with Crippen LogP contribution in [-0.4, -0.2) is 45.6 Å². The summed E-state index contributed by atoms with van der Waals surface area (Å²) in [6.07, 6.45) is 5.67. The highest BCUT2D eigenvalue weighted by Crippen LogP contribution is 2.43. The van der Waals surface area contributed by atoms with Crippen molar-refractivity contribution >= 4 is 17.5 Å². The van der Waals surface area contributed by atoms with Crippen molar-refractivity contribution < 1.29 is 9.53 Å². The predicted molar refractivity (Wildman–Crippen MR) is 127 cm³/mol. The highest BCUT2D eigenvalue weighted by atomic mass is 16.5. The largest absolute Gasteiger partial charge is 0.489 e. The summed E-state index contributed by atoms with van der Waals surface area (Å²) in [5, 5.41) is 16.7. The number of amides is 1. The second-order valence-electron chi connectivity index (χ2n) is 8.50. The van der Waals surface area contributed by atoms with Crippen LogP contribution in [0, 0.1) is 6.92 Å². The van der Waals surface area contributed by atoms with Gasteiger partial charge in [0.2, 0.25) is 5.91 Å². The minimum atomic E-state index is -0.163. The number of fused-ring (bicyclic) bond motifs is 1. The van der Waals surface area contributed by atoms with Crippen molar-refractivity contribution in [2.75, 3.05) is 29.9 Å². The number of aryl methyl sites for hydroxylation is 1. The number of piperidine rings is 1. The summed E-state index contributed by atoms with van der Waals surface area (Å²) < 4.78 is 7.58. The second-order valence-corrected chi connectivity index (χ2v) is 8.50. The van der Waals surface area contributed by atoms with Gasteiger partial charge in [-0.05, 0) is 44.4 Å². The Morgan fingerprint density at radius 1 is 1.12 bits per heavy atom. The van der Waals surface area contributed by atoms with Gasteiger partial charge in [-0.25, -0.2) is 0 Å². The Morgan fingerprint density at radius 2 is 1.88 bits per heavy atom. The fourth-order valence-electron chi connectivity index (χ4n) is 4.75. The molecule has 1 fully saturated rings. The molecule has 0 saturated carbocycles. The van der Waals surface area contributed by atoms with E-state index in [-0.39, 0.29) is 11.8 Å². The first kappa shape index (κ1) is 21.2. The van der Waals surface area contributed by atoms with Crippen molar-refractivity contribution in [1.82, 2.24) is 20.0 Å². The maximum Gasteiger partial charge on any atom is 0.226 e. The van der Waals surface area contributed by atoms with Gasteiger partial charge in [-0.3, -0.25) is 4.79 Å². The number of benzene rings is 1. The highest BCUT2D eigenvalue weighted by Gasteiger charge is 2.34. The monoisotopic (exact) mass is 444 g/mol. The van der Waals surface area contributed by atoms with E-state index >= 15 is 0 Å². The summed E-state index contributed by atoms with van der Waals surface area (Å²) in [6.45, 7) is 8.12. The van der Waals surface area contributed by atoms with Crippen LogP contribution >= 0.6 is 0 Å². The Bertz CT molecular complexity index is 1160. The topological polar surface area (TPSA) is 85.2 Å². The van der Waals surface area contributed by atoms with Crippen molar-refractivity contribution in [1.29, 1.82) is 0 Å². The lowest BCUT2D eigenvalue weighted by Crippen LogP contribution is -2.30. The summed E-state index contributed by atoms with van der Waals surface area (Å²) in [6, 6.07) is 11.7. The first-order valence-corrected chi connectivity index (χ1v) is 11.5. The molecular formula is C25H28N6O2. The van der Waals surface area contributed by atoms with E-state index in [1.54, 1.807) is 10.8 Å². The standard InChI is InChI=1S/C25H28N6O2/c1-3-15-33-20-10-6-5-9-18(20)19-16-23(32)26-25-24(19)17(2)29-31(25)22-12-11-21(27-28-22)30-13-7-4-8-14-30/h3,5-6,9-12,19H,1,4,7-8,13-16H2,2H3,(H,26,32). The summed E-state index contributed by atoms with van der Waals surface area (Å²) in [4.78, 5) is 15.0. The van der Waals surface area contributed by atoms with E-state index in [0.29, 0.717) is 24.7 Å². The van der Waals surface area contributed by atoms with Gasteiger partial charge in [-0.2, -0.15) is 9.78 Å². The molecule has 33 heavy (non-hydrogen) atoms. The smallest absolute Gasteiger partial charge is 0.226 e. The fraction of sp³-hybridized carbons (Fsp3) is 0.360. The molecule has 170 valence electrons. The van der Waals surface area contributed by atoms with Gasteiger partial charge in [0.05, 0.1) is 5.69 Å². The van der Waals surface area contributed by atoms with Gasteiger partial charge < -0.3 is 15.0 Å². The molecule has 1 amide bonds. The number of anilines is 2. The van der Waals surface area contributed by atoms with Gasteiger partial charge in [0, 0.05) is 36.6 Å². The third-order valence-electron chi connectivity index (χ3n) is 6.29. The zero-order valence-electron chi connectivity index (χ0n) is 18.8. The molecule has 2 aliphatic rings. The van der Waals surface area contributed by atoms with Crippen LogP contribution in [0.1, 0.15) is 48.4 Å². The quantitative estimate of drug-likeness (QED) is 0.579. The molecule has 0 radical (unpaired) electrons. The highest BCUT2D eigenvalue weighted by molar-refractivity contribution is 5.95. The number of para-hydroxylation sites is 1.